The van der Waals surface area contributed by atoms with E-state index in [9.17, 15) is 14.4 Å². The van der Waals surface area contributed by atoms with E-state index in [0.29, 0.717) is 16.7 Å². The molecule has 164 valence electrons. The van der Waals surface area contributed by atoms with Gasteiger partial charge in [0.15, 0.2) is 0 Å². The number of carboxylic acid groups (broad SMARTS) is 1. The fourth-order valence-electron chi connectivity index (χ4n) is 3.94. The van der Waals surface area contributed by atoms with Crippen molar-refractivity contribution in [2.45, 2.75) is 39.7 Å². The Morgan fingerprint density at radius 2 is 1.78 bits per heavy atom. The lowest BCUT2D eigenvalue weighted by Gasteiger charge is -2.11. The number of carboxylic acids is 1. The van der Waals surface area contributed by atoms with Gasteiger partial charge in [0.05, 0.1) is 6.26 Å². The molecule has 4 aromatic rings. The third-order valence-corrected chi connectivity index (χ3v) is 5.78. The van der Waals surface area contributed by atoms with Crippen LogP contribution in [0.25, 0.3) is 33.1 Å². The zero-order valence-electron chi connectivity index (χ0n) is 18.0. The van der Waals surface area contributed by atoms with Crippen molar-refractivity contribution in [3.05, 3.63) is 69.8 Å². The Morgan fingerprint density at radius 3 is 2.47 bits per heavy atom. The number of hydrogen-bond acceptors (Lipinski definition) is 5. The summed E-state index contributed by atoms with van der Waals surface area (Å²) < 4.78 is 11.5. The van der Waals surface area contributed by atoms with E-state index in [4.69, 9.17) is 13.9 Å². The van der Waals surface area contributed by atoms with Gasteiger partial charge in [-0.15, -0.1) is 0 Å². The van der Waals surface area contributed by atoms with Crippen LogP contribution in [-0.2, 0) is 16.0 Å². The molecule has 32 heavy (non-hydrogen) atoms. The molecular formula is C25H23NO6. The minimum Gasteiger partial charge on any atom is -0.480 e. The first-order chi connectivity index (χ1) is 15.3. The van der Waals surface area contributed by atoms with Crippen LogP contribution in [0.2, 0.25) is 0 Å². The van der Waals surface area contributed by atoms with Gasteiger partial charge >= 0.3 is 11.6 Å². The third-order valence-electron chi connectivity index (χ3n) is 5.78. The van der Waals surface area contributed by atoms with Gasteiger partial charge in [0.2, 0.25) is 5.91 Å². The van der Waals surface area contributed by atoms with Crippen LogP contribution in [0.1, 0.15) is 30.0 Å². The van der Waals surface area contributed by atoms with Crippen molar-refractivity contribution in [3.63, 3.8) is 0 Å². The molecule has 0 bridgehead atoms. The summed E-state index contributed by atoms with van der Waals surface area (Å²) in [7, 11) is 0. The predicted octanol–water partition coefficient (Wildman–Crippen LogP) is 4.34. The highest BCUT2D eigenvalue weighted by atomic mass is 16.4. The monoisotopic (exact) mass is 433 g/mol. The molecule has 7 nitrogen and oxygen atoms in total. The highest BCUT2D eigenvalue weighted by molar-refractivity contribution is 6.04. The van der Waals surface area contributed by atoms with Crippen molar-refractivity contribution in [3.8, 4) is 11.1 Å². The smallest absolute Gasteiger partial charge is 0.339 e. The van der Waals surface area contributed by atoms with Gasteiger partial charge in [0.25, 0.3) is 0 Å². The van der Waals surface area contributed by atoms with E-state index in [1.54, 1.807) is 6.26 Å². The SMILES string of the molecule is Cc1c(CCC(=O)NC(C)C(=O)O)c(=O)oc2c(C)c3occ(-c4ccccc4)c3cc12. The van der Waals surface area contributed by atoms with Crippen molar-refractivity contribution < 1.29 is 23.5 Å². The second kappa shape index (κ2) is 8.34. The van der Waals surface area contributed by atoms with Gasteiger partial charge in [-0.25, -0.2) is 4.79 Å². The lowest BCUT2D eigenvalue weighted by Crippen LogP contribution is -2.38. The zero-order valence-corrected chi connectivity index (χ0v) is 18.0. The summed E-state index contributed by atoms with van der Waals surface area (Å²) in [5.41, 5.74) is 4.45. The molecule has 0 fully saturated rings. The van der Waals surface area contributed by atoms with E-state index in [-0.39, 0.29) is 12.8 Å². The molecule has 2 aromatic carbocycles. The van der Waals surface area contributed by atoms with Gasteiger partial charge < -0.3 is 19.3 Å². The molecule has 0 aliphatic rings. The van der Waals surface area contributed by atoms with Gasteiger partial charge in [-0.1, -0.05) is 30.3 Å². The number of hydrogen-bond donors (Lipinski definition) is 2. The van der Waals surface area contributed by atoms with Crippen LogP contribution in [0.5, 0.6) is 0 Å². The van der Waals surface area contributed by atoms with Crippen LogP contribution >= 0.6 is 0 Å². The van der Waals surface area contributed by atoms with Crippen LogP contribution in [0, 0.1) is 13.8 Å². The number of fused-ring (bicyclic) bond motifs is 2. The van der Waals surface area contributed by atoms with Gasteiger partial charge in [0.1, 0.15) is 17.2 Å². The fourth-order valence-corrected chi connectivity index (χ4v) is 3.94. The van der Waals surface area contributed by atoms with Crippen molar-refractivity contribution in [2.24, 2.45) is 0 Å². The summed E-state index contributed by atoms with van der Waals surface area (Å²) in [6, 6.07) is 10.8. The minimum absolute atomic E-state index is 0.0169. The maximum atomic E-state index is 12.7. The number of benzene rings is 2. The highest BCUT2D eigenvalue weighted by Gasteiger charge is 2.20. The lowest BCUT2D eigenvalue weighted by atomic mass is 9.96. The fraction of sp³-hybridized carbons (Fsp3) is 0.240. The molecule has 1 amide bonds. The molecule has 0 aliphatic carbocycles. The summed E-state index contributed by atoms with van der Waals surface area (Å²) in [5.74, 6) is -1.56. The van der Waals surface area contributed by atoms with Gasteiger partial charge in [-0.2, -0.15) is 0 Å². The first kappa shape index (κ1) is 21.4. The second-order valence-corrected chi connectivity index (χ2v) is 7.89. The van der Waals surface area contributed by atoms with E-state index in [2.05, 4.69) is 5.32 Å². The van der Waals surface area contributed by atoms with Gasteiger partial charge in [-0.05, 0) is 44.4 Å². The molecule has 1 atom stereocenters. The Morgan fingerprint density at radius 1 is 1.06 bits per heavy atom. The van der Waals surface area contributed by atoms with Gasteiger partial charge in [0, 0.05) is 33.9 Å². The second-order valence-electron chi connectivity index (χ2n) is 7.89. The van der Waals surface area contributed by atoms with Crippen molar-refractivity contribution in [1.29, 1.82) is 0 Å². The Hall–Kier alpha value is -3.87. The number of nitrogens with one attached hydrogen (secondary N) is 1. The molecule has 2 aromatic heterocycles. The molecule has 0 saturated carbocycles. The summed E-state index contributed by atoms with van der Waals surface area (Å²) >= 11 is 0. The van der Waals surface area contributed by atoms with Crippen LogP contribution in [0.15, 0.2) is 56.3 Å². The largest absolute Gasteiger partial charge is 0.480 e. The van der Waals surface area contributed by atoms with Crippen LogP contribution < -0.4 is 10.9 Å². The molecule has 0 aliphatic heterocycles. The Labute approximate surface area is 183 Å². The number of aliphatic carboxylic acids is 1. The number of amides is 1. The lowest BCUT2D eigenvalue weighted by molar-refractivity contribution is -0.141. The van der Waals surface area contributed by atoms with E-state index in [1.807, 2.05) is 50.2 Å². The predicted molar refractivity (Wildman–Crippen MR) is 121 cm³/mol. The Balaban J connectivity index is 1.76. The molecular weight excluding hydrogens is 410 g/mol. The van der Waals surface area contributed by atoms with Crippen molar-refractivity contribution >= 4 is 33.8 Å². The molecule has 4 rings (SSSR count). The van der Waals surface area contributed by atoms with E-state index in [1.165, 1.54) is 6.92 Å². The number of rotatable bonds is 6. The van der Waals surface area contributed by atoms with E-state index >= 15 is 0 Å². The molecule has 0 spiro atoms. The Bertz CT molecular complexity index is 1400. The van der Waals surface area contributed by atoms with Crippen LogP contribution in [0.4, 0.5) is 0 Å². The van der Waals surface area contributed by atoms with Crippen LogP contribution in [-0.4, -0.2) is 23.0 Å². The number of carbonyl (C=O) groups is 2. The average Bonchev–Trinajstić information content (AvgIpc) is 3.19. The maximum Gasteiger partial charge on any atom is 0.339 e. The molecule has 0 radical (unpaired) electrons. The van der Waals surface area contributed by atoms with Crippen LogP contribution in [0.3, 0.4) is 0 Å². The highest BCUT2D eigenvalue weighted by Crippen LogP contribution is 2.37. The number of carbonyl (C=O) groups excluding carboxylic acids is 1. The molecule has 0 saturated heterocycles. The topological polar surface area (TPSA) is 110 Å². The number of furan rings is 1. The maximum absolute atomic E-state index is 12.7. The van der Waals surface area contributed by atoms with E-state index < -0.39 is 23.5 Å². The first-order valence-electron chi connectivity index (χ1n) is 10.3. The third kappa shape index (κ3) is 3.77. The zero-order chi connectivity index (χ0) is 23.0. The normalized spacial score (nSPS) is 12.2. The first-order valence-corrected chi connectivity index (χ1v) is 10.3. The molecule has 1 unspecified atom stereocenters. The Kier molecular flexibility index (Phi) is 5.57. The summed E-state index contributed by atoms with van der Waals surface area (Å²) in [5, 5.41) is 13.0. The minimum atomic E-state index is -1.12. The molecule has 2 heterocycles. The average molecular weight is 433 g/mol. The van der Waals surface area contributed by atoms with Gasteiger partial charge in [-0.3, -0.25) is 9.59 Å². The summed E-state index contributed by atoms with van der Waals surface area (Å²) in [4.78, 5) is 35.7. The molecule has 2 N–H and O–H groups in total. The molecule has 7 heteroatoms. The number of aryl methyl sites for hydroxylation is 2. The van der Waals surface area contributed by atoms with E-state index in [0.717, 1.165) is 33.0 Å². The van der Waals surface area contributed by atoms with Crippen molar-refractivity contribution in [1.82, 2.24) is 5.32 Å². The van der Waals surface area contributed by atoms with Crippen molar-refractivity contribution in [2.75, 3.05) is 0 Å². The standard InChI is InChI=1S/C25H23NO6/c1-13-17(9-10-21(27)26-15(3)24(28)29)25(30)32-23-14(2)22-19(11-18(13)23)20(12-31-22)16-7-5-4-6-8-16/h4-8,11-12,15H,9-10H2,1-3H3,(H,26,27)(H,28,29). The summed E-state index contributed by atoms with van der Waals surface area (Å²) in [6.45, 7) is 5.07. The quantitative estimate of drug-likeness (QED) is 0.438. The summed E-state index contributed by atoms with van der Waals surface area (Å²) in [6.07, 6.45) is 1.83.